The standard InChI is InChI=1S/C22H28N2O4.C2H2O4/c1-17-4-7-19(8-5-17)28-16-22(25)24-12-10-23(11-13-24)15-18-6-9-20(26-2)21(14-18)27-3;3-1(4)2(5)6/h4-9,14H,10-13,15-16H2,1-3H3;(H,3,4)(H,5,6). The van der Waals surface area contributed by atoms with E-state index in [-0.39, 0.29) is 12.5 Å². The van der Waals surface area contributed by atoms with Gasteiger partial charge in [-0.25, -0.2) is 9.59 Å². The molecule has 10 heteroatoms. The number of rotatable bonds is 7. The number of carbonyl (C=O) groups is 3. The molecular formula is C24H30N2O8. The molecule has 0 bridgehead atoms. The van der Waals surface area contributed by atoms with Crippen LogP contribution in [0.3, 0.4) is 0 Å². The number of methoxy groups -OCH3 is 2. The van der Waals surface area contributed by atoms with Crippen LogP contribution in [0, 0.1) is 6.92 Å². The van der Waals surface area contributed by atoms with E-state index in [2.05, 4.69) is 4.90 Å². The summed E-state index contributed by atoms with van der Waals surface area (Å²) in [5.74, 6) is -1.42. The Morgan fingerprint density at radius 1 is 0.853 bits per heavy atom. The van der Waals surface area contributed by atoms with Gasteiger partial charge in [0.1, 0.15) is 5.75 Å². The maximum atomic E-state index is 12.4. The van der Waals surface area contributed by atoms with Gasteiger partial charge in [-0.2, -0.15) is 0 Å². The SMILES string of the molecule is COc1ccc(CN2CCN(C(=O)COc3ccc(C)cc3)CC2)cc1OC.O=C(O)C(=O)O. The van der Waals surface area contributed by atoms with E-state index >= 15 is 0 Å². The third-order valence-corrected chi connectivity index (χ3v) is 5.15. The minimum Gasteiger partial charge on any atom is -0.493 e. The molecule has 2 N–H and O–H groups in total. The number of carboxylic acid groups (broad SMARTS) is 2. The van der Waals surface area contributed by atoms with Gasteiger partial charge in [0, 0.05) is 32.7 Å². The maximum Gasteiger partial charge on any atom is 0.414 e. The molecule has 0 radical (unpaired) electrons. The van der Waals surface area contributed by atoms with Crippen LogP contribution < -0.4 is 14.2 Å². The van der Waals surface area contributed by atoms with Crippen LogP contribution in [-0.4, -0.2) is 84.9 Å². The Balaban J connectivity index is 0.000000604. The maximum absolute atomic E-state index is 12.4. The zero-order valence-corrected chi connectivity index (χ0v) is 19.5. The second kappa shape index (κ2) is 13.0. The van der Waals surface area contributed by atoms with Crippen molar-refractivity contribution in [2.24, 2.45) is 0 Å². The molecule has 0 aromatic heterocycles. The van der Waals surface area contributed by atoms with Gasteiger partial charge in [-0.1, -0.05) is 23.8 Å². The number of carbonyl (C=O) groups excluding carboxylic acids is 1. The van der Waals surface area contributed by atoms with Crippen molar-refractivity contribution in [3.05, 3.63) is 53.6 Å². The number of aliphatic carboxylic acids is 2. The average Bonchev–Trinajstić information content (AvgIpc) is 2.84. The monoisotopic (exact) mass is 474 g/mol. The third-order valence-electron chi connectivity index (χ3n) is 5.15. The van der Waals surface area contributed by atoms with E-state index in [1.165, 1.54) is 11.1 Å². The normalized spacial score (nSPS) is 13.3. The Bertz CT molecular complexity index is 957. The van der Waals surface area contributed by atoms with Crippen molar-refractivity contribution in [3.8, 4) is 17.2 Å². The van der Waals surface area contributed by atoms with Crippen LogP contribution in [0.2, 0.25) is 0 Å². The molecular weight excluding hydrogens is 444 g/mol. The molecule has 1 saturated heterocycles. The predicted molar refractivity (Wildman–Crippen MR) is 123 cm³/mol. The van der Waals surface area contributed by atoms with Crippen LogP contribution in [0.25, 0.3) is 0 Å². The highest BCUT2D eigenvalue weighted by atomic mass is 16.5. The van der Waals surface area contributed by atoms with Gasteiger partial charge in [0.15, 0.2) is 18.1 Å². The summed E-state index contributed by atoms with van der Waals surface area (Å²) in [6, 6.07) is 13.7. The average molecular weight is 475 g/mol. The van der Waals surface area contributed by atoms with Crippen LogP contribution in [0.1, 0.15) is 11.1 Å². The lowest BCUT2D eigenvalue weighted by molar-refractivity contribution is -0.159. The minimum atomic E-state index is -1.82. The molecule has 1 amide bonds. The highest BCUT2D eigenvalue weighted by Gasteiger charge is 2.21. The smallest absolute Gasteiger partial charge is 0.414 e. The Morgan fingerprint density at radius 2 is 1.44 bits per heavy atom. The van der Waals surface area contributed by atoms with E-state index in [4.69, 9.17) is 34.0 Å². The summed E-state index contributed by atoms with van der Waals surface area (Å²) >= 11 is 0. The number of hydrogen-bond donors (Lipinski definition) is 2. The molecule has 0 unspecified atom stereocenters. The number of nitrogens with zero attached hydrogens (tertiary/aromatic N) is 2. The Labute approximate surface area is 198 Å². The van der Waals surface area contributed by atoms with Gasteiger partial charge in [0.25, 0.3) is 5.91 Å². The highest BCUT2D eigenvalue weighted by molar-refractivity contribution is 6.27. The quantitative estimate of drug-likeness (QED) is 0.579. The molecule has 0 aliphatic carbocycles. The van der Waals surface area contributed by atoms with Crippen LogP contribution in [-0.2, 0) is 20.9 Å². The van der Waals surface area contributed by atoms with Crippen molar-refractivity contribution < 1.29 is 38.8 Å². The molecule has 184 valence electrons. The number of piperazine rings is 1. The molecule has 1 fully saturated rings. The number of amides is 1. The minimum absolute atomic E-state index is 0.0336. The molecule has 10 nitrogen and oxygen atoms in total. The van der Waals surface area contributed by atoms with Gasteiger partial charge in [0.05, 0.1) is 14.2 Å². The van der Waals surface area contributed by atoms with Crippen LogP contribution >= 0.6 is 0 Å². The Kier molecular flexibility index (Phi) is 10.2. The summed E-state index contributed by atoms with van der Waals surface area (Å²) in [6.45, 7) is 6.03. The Morgan fingerprint density at radius 3 is 1.97 bits per heavy atom. The summed E-state index contributed by atoms with van der Waals surface area (Å²) in [7, 11) is 3.28. The zero-order chi connectivity index (χ0) is 25.1. The second-order valence-corrected chi connectivity index (χ2v) is 7.56. The lowest BCUT2D eigenvalue weighted by Gasteiger charge is -2.34. The van der Waals surface area contributed by atoms with Gasteiger partial charge in [-0.05, 0) is 36.8 Å². The van der Waals surface area contributed by atoms with E-state index in [1.54, 1.807) is 14.2 Å². The molecule has 3 rings (SSSR count). The van der Waals surface area contributed by atoms with Gasteiger partial charge in [0.2, 0.25) is 0 Å². The molecule has 2 aromatic carbocycles. The number of benzene rings is 2. The van der Waals surface area contributed by atoms with Crippen LogP contribution in [0.5, 0.6) is 17.2 Å². The molecule has 1 aliphatic rings. The fraction of sp³-hybridized carbons (Fsp3) is 0.375. The van der Waals surface area contributed by atoms with Crippen molar-refractivity contribution >= 4 is 17.8 Å². The summed E-state index contributed by atoms with van der Waals surface area (Å²) in [4.78, 5) is 34.8. The first kappa shape index (κ1) is 26.5. The first-order valence-corrected chi connectivity index (χ1v) is 10.6. The fourth-order valence-corrected chi connectivity index (χ4v) is 3.26. The van der Waals surface area contributed by atoms with E-state index in [9.17, 15) is 4.79 Å². The lowest BCUT2D eigenvalue weighted by atomic mass is 10.1. The molecule has 0 saturated carbocycles. The molecule has 0 spiro atoms. The van der Waals surface area contributed by atoms with Gasteiger partial charge in [-0.15, -0.1) is 0 Å². The van der Waals surface area contributed by atoms with Crippen molar-refractivity contribution in [3.63, 3.8) is 0 Å². The zero-order valence-electron chi connectivity index (χ0n) is 19.5. The van der Waals surface area contributed by atoms with Crippen molar-refractivity contribution in [2.45, 2.75) is 13.5 Å². The fourth-order valence-electron chi connectivity index (χ4n) is 3.26. The predicted octanol–water partition coefficient (Wildman–Crippen LogP) is 1.89. The summed E-state index contributed by atoms with van der Waals surface area (Å²) in [5.41, 5.74) is 2.34. The van der Waals surface area contributed by atoms with Gasteiger partial charge in [-0.3, -0.25) is 9.69 Å². The number of hydrogen-bond acceptors (Lipinski definition) is 7. The molecule has 2 aromatic rings. The topological polar surface area (TPSA) is 126 Å². The summed E-state index contributed by atoms with van der Waals surface area (Å²) in [5, 5.41) is 14.8. The first-order chi connectivity index (χ1) is 16.2. The largest absolute Gasteiger partial charge is 0.493 e. The number of carboxylic acids is 2. The Hall–Kier alpha value is -3.79. The first-order valence-electron chi connectivity index (χ1n) is 10.6. The summed E-state index contributed by atoms with van der Waals surface area (Å²) < 4.78 is 16.3. The van der Waals surface area contributed by atoms with Crippen molar-refractivity contribution in [1.82, 2.24) is 9.80 Å². The van der Waals surface area contributed by atoms with E-state index in [1.807, 2.05) is 54.3 Å². The highest BCUT2D eigenvalue weighted by Crippen LogP contribution is 2.28. The van der Waals surface area contributed by atoms with E-state index in [0.717, 1.165) is 36.9 Å². The van der Waals surface area contributed by atoms with Crippen LogP contribution in [0.4, 0.5) is 0 Å². The molecule has 0 atom stereocenters. The third kappa shape index (κ3) is 8.28. The van der Waals surface area contributed by atoms with Gasteiger partial charge < -0.3 is 29.3 Å². The molecule has 1 aliphatic heterocycles. The molecule has 1 heterocycles. The number of ether oxygens (including phenoxy) is 3. The molecule has 34 heavy (non-hydrogen) atoms. The lowest BCUT2D eigenvalue weighted by Crippen LogP contribution is -2.49. The number of aryl methyl sites for hydroxylation is 1. The van der Waals surface area contributed by atoms with E-state index in [0.29, 0.717) is 13.1 Å². The summed E-state index contributed by atoms with van der Waals surface area (Å²) in [6.07, 6.45) is 0. The van der Waals surface area contributed by atoms with E-state index < -0.39 is 11.9 Å². The van der Waals surface area contributed by atoms with Crippen molar-refractivity contribution in [2.75, 3.05) is 47.0 Å². The van der Waals surface area contributed by atoms with Gasteiger partial charge >= 0.3 is 11.9 Å². The van der Waals surface area contributed by atoms with Crippen LogP contribution in [0.15, 0.2) is 42.5 Å². The second-order valence-electron chi connectivity index (χ2n) is 7.56. The van der Waals surface area contributed by atoms with Crippen molar-refractivity contribution in [1.29, 1.82) is 0 Å².